The van der Waals surface area contributed by atoms with E-state index in [9.17, 15) is 4.79 Å². The van der Waals surface area contributed by atoms with Crippen LogP contribution in [0.4, 0.5) is 0 Å². The van der Waals surface area contributed by atoms with Crippen molar-refractivity contribution < 1.29 is 4.79 Å². The van der Waals surface area contributed by atoms with Gasteiger partial charge in [-0.25, -0.2) is 9.97 Å². The average molecular weight is 356 g/mol. The van der Waals surface area contributed by atoms with E-state index in [1.54, 1.807) is 0 Å². The number of amides is 1. The Balaban J connectivity index is 1.61. The zero-order chi connectivity index (χ0) is 17.6. The molecular formula is C20H25N3OS. The van der Waals surface area contributed by atoms with E-state index in [-0.39, 0.29) is 5.91 Å². The van der Waals surface area contributed by atoms with Crippen LogP contribution in [0.25, 0.3) is 11.3 Å². The average Bonchev–Trinajstić information content (AvgIpc) is 2.62. The first-order valence-electron chi connectivity index (χ1n) is 8.95. The molecular weight excluding hydrogens is 330 g/mol. The maximum Gasteiger partial charge on any atom is 0.230 e. The summed E-state index contributed by atoms with van der Waals surface area (Å²) >= 11 is 1.41. The Bertz CT molecular complexity index is 720. The van der Waals surface area contributed by atoms with Crippen LogP contribution in [-0.4, -0.2) is 27.7 Å². The molecule has 0 spiro atoms. The molecule has 1 amide bonds. The van der Waals surface area contributed by atoms with Gasteiger partial charge in [0.15, 0.2) is 5.16 Å². The summed E-state index contributed by atoms with van der Waals surface area (Å²) in [5.74, 6) is 1.01. The number of benzene rings is 1. The molecule has 1 aliphatic carbocycles. The van der Waals surface area contributed by atoms with Gasteiger partial charge in [-0.3, -0.25) is 4.79 Å². The van der Waals surface area contributed by atoms with Crippen LogP contribution in [0.5, 0.6) is 0 Å². The first-order chi connectivity index (χ1) is 12.1. The van der Waals surface area contributed by atoms with Gasteiger partial charge in [0.05, 0.1) is 11.4 Å². The van der Waals surface area contributed by atoms with Crippen molar-refractivity contribution in [3.63, 3.8) is 0 Å². The van der Waals surface area contributed by atoms with Gasteiger partial charge in [0, 0.05) is 17.3 Å². The summed E-state index contributed by atoms with van der Waals surface area (Å²) in [6, 6.07) is 12.4. The molecule has 1 heterocycles. The first kappa shape index (κ1) is 17.9. The third-order valence-corrected chi connectivity index (χ3v) is 5.54. The highest BCUT2D eigenvalue weighted by atomic mass is 32.2. The second-order valence-corrected chi connectivity index (χ2v) is 7.71. The largest absolute Gasteiger partial charge is 0.352 e. The third kappa shape index (κ3) is 5.05. The van der Waals surface area contributed by atoms with E-state index in [4.69, 9.17) is 0 Å². The Kier molecular flexibility index (Phi) is 6.08. The molecule has 1 saturated carbocycles. The number of carbonyl (C=O) groups is 1. The van der Waals surface area contributed by atoms with Gasteiger partial charge in [-0.1, -0.05) is 61.9 Å². The maximum atomic E-state index is 12.3. The van der Waals surface area contributed by atoms with Crippen LogP contribution in [0.1, 0.15) is 38.3 Å². The van der Waals surface area contributed by atoms with E-state index < -0.39 is 0 Å². The number of hydrogen-bond donors (Lipinski definition) is 1. The number of thioether (sulfide) groups is 1. The molecule has 2 atom stereocenters. The van der Waals surface area contributed by atoms with Crippen molar-refractivity contribution in [1.29, 1.82) is 0 Å². The predicted octanol–water partition coefficient (Wildman–Crippen LogP) is 4.24. The molecule has 1 fully saturated rings. The smallest absolute Gasteiger partial charge is 0.230 e. The minimum atomic E-state index is 0.0788. The van der Waals surface area contributed by atoms with Crippen LogP contribution in [0.15, 0.2) is 41.6 Å². The van der Waals surface area contributed by atoms with E-state index in [2.05, 4.69) is 22.2 Å². The van der Waals surface area contributed by atoms with Crippen LogP contribution < -0.4 is 5.32 Å². The molecule has 0 saturated heterocycles. The Labute approximate surface area is 153 Å². The molecule has 1 aliphatic rings. The second-order valence-electron chi connectivity index (χ2n) is 6.77. The molecule has 5 heteroatoms. The van der Waals surface area contributed by atoms with Crippen molar-refractivity contribution in [2.24, 2.45) is 5.92 Å². The summed E-state index contributed by atoms with van der Waals surface area (Å²) in [5.41, 5.74) is 2.88. The van der Waals surface area contributed by atoms with E-state index >= 15 is 0 Å². The minimum absolute atomic E-state index is 0.0788. The Morgan fingerprint density at radius 2 is 1.96 bits per heavy atom. The zero-order valence-electron chi connectivity index (χ0n) is 14.9. The monoisotopic (exact) mass is 355 g/mol. The van der Waals surface area contributed by atoms with Crippen LogP contribution in [-0.2, 0) is 4.79 Å². The number of rotatable bonds is 5. The lowest BCUT2D eigenvalue weighted by Crippen LogP contribution is -2.41. The van der Waals surface area contributed by atoms with Gasteiger partial charge in [-0.15, -0.1) is 0 Å². The van der Waals surface area contributed by atoms with Gasteiger partial charge in [0.1, 0.15) is 0 Å². The standard InChI is InChI=1S/C20H25N3OS/c1-14-8-6-7-11-17(14)22-19(24)13-25-20-21-15(2)12-18(23-20)16-9-4-3-5-10-16/h3-5,9-10,12,14,17H,6-8,11,13H2,1-2H3,(H,22,24)/t14-,17-/m1/s1. The summed E-state index contributed by atoms with van der Waals surface area (Å²) in [5, 5.41) is 3.84. The van der Waals surface area contributed by atoms with Crippen LogP contribution in [0.2, 0.25) is 0 Å². The molecule has 0 radical (unpaired) electrons. The van der Waals surface area contributed by atoms with E-state index in [1.165, 1.54) is 31.0 Å². The van der Waals surface area contributed by atoms with Crippen molar-refractivity contribution in [1.82, 2.24) is 15.3 Å². The number of carbonyl (C=O) groups excluding carboxylic acids is 1. The van der Waals surface area contributed by atoms with Crippen molar-refractivity contribution in [2.75, 3.05) is 5.75 Å². The van der Waals surface area contributed by atoms with Gasteiger partial charge in [-0.05, 0) is 31.7 Å². The molecule has 25 heavy (non-hydrogen) atoms. The molecule has 4 nitrogen and oxygen atoms in total. The molecule has 132 valence electrons. The third-order valence-electron chi connectivity index (χ3n) is 4.69. The molecule has 1 aromatic carbocycles. The maximum absolute atomic E-state index is 12.3. The summed E-state index contributed by atoms with van der Waals surface area (Å²) < 4.78 is 0. The highest BCUT2D eigenvalue weighted by molar-refractivity contribution is 7.99. The molecule has 3 rings (SSSR count). The summed E-state index contributed by atoms with van der Waals surface area (Å²) in [4.78, 5) is 21.4. The number of hydrogen-bond acceptors (Lipinski definition) is 4. The normalized spacial score (nSPS) is 20.2. The van der Waals surface area contributed by atoms with Crippen molar-refractivity contribution in [2.45, 2.75) is 50.7 Å². The fourth-order valence-corrected chi connectivity index (χ4v) is 3.99. The lowest BCUT2D eigenvalue weighted by molar-refractivity contribution is -0.119. The lowest BCUT2D eigenvalue weighted by Gasteiger charge is -2.29. The van der Waals surface area contributed by atoms with E-state index in [0.717, 1.165) is 23.4 Å². The topological polar surface area (TPSA) is 54.9 Å². The summed E-state index contributed by atoms with van der Waals surface area (Å²) in [6.07, 6.45) is 4.79. The summed E-state index contributed by atoms with van der Waals surface area (Å²) in [7, 11) is 0. The fraction of sp³-hybridized carbons (Fsp3) is 0.450. The quantitative estimate of drug-likeness (QED) is 0.644. The highest BCUT2D eigenvalue weighted by Crippen LogP contribution is 2.24. The second kappa shape index (κ2) is 8.48. The van der Waals surface area contributed by atoms with Gasteiger partial charge in [0.25, 0.3) is 0 Å². The fourth-order valence-electron chi connectivity index (χ4n) is 3.27. The summed E-state index contributed by atoms with van der Waals surface area (Å²) in [6.45, 7) is 4.19. The van der Waals surface area contributed by atoms with Gasteiger partial charge >= 0.3 is 0 Å². The first-order valence-corrected chi connectivity index (χ1v) is 9.93. The molecule has 1 aromatic heterocycles. The molecule has 0 unspecified atom stereocenters. The number of aromatic nitrogens is 2. The van der Waals surface area contributed by atoms with Gasteiger partial charge < -0.3 is 5.32 Å². The van der Waals surface area contributed by atoms with Gasteiger partial charge in [-0.2, -0.15) is 0 Å². The van der Waals surface area contributed by atoms with Crippen LogP contribution >= 0.6 is 11.8 Å². The van der Waals surface area contributed by atoms with E-state index in [0.29, 0.717) is 22.9 Å². The van der Waals surface area contributed by atoms with Crippen molar-refractivity contribution >= 4 is 17.7 Å². The predicted molar refractivity (Wildman–Crippen MR) is 102 cm³/mol. The van der Waals surface area contributed by atoms with Crippen LogP contribution in [0.3, 0.4) is 0 Å². The Morgan fingerprint density at radius 1 is 1.20 bits per heavy atom. The Morgan fingerprint density at radius 3 is 2.72 bits per heavy atom. The minimum Gasteiger partial charge on any atom is -0.352 e. The number of nitrogens with zero attached hydrogens (tertiary/aromatic N) is 2. The molecule has 1 N–H and O–H groups in total. The molecule has 0 aliphatic heterocycles. The van der Waals surface area contributed by atoms with Gasteiger partial charge in [0.2, 0.25) is 5.91 Å². The molecule has 0 bridgehead atoms. The van der Waals surface area contributed by atoms with Crippen molar-refractivity contribution in [3.05, 3.63) is 42.1 Å². The highest BCUT2D eigenvalue weighted by Gasteiger charge is 2.22. The van der Waals surface area contributed by atoms with Crippen molar-refractivity contribution in [3.8, 4) is 11.3 Å². The number of aryl methyl sites for hydroxylation is 1. The Hall–Kier alpha value is -1.88. The van der Waals surface area contributed by atoms with E-state index in [1.807, 2.05) is 43.3 Å². The zero-order valence-corrected chi connectivity index (χ0v) is 15.7. The SMILES string of the molecule is Cc1cc(-c2ccccc2)nc(SCC(=O)N[C@@H]2CCCC[C@H]2C)n1. The number of nitrogens with one attached hydrogen (secondary N) is 1. The van der Waals surface area contributed by atoms with Crippen LogP contribution in [0, 0.1) is 12.8 Å². The molecule has 2 aromatic rings. The lowest BCUT2D eigenvalue weighted by atomic mass is 9.86.